The van der Waals surface area contributed by atoms with Gasteiger partial charge in [0.05, 0.1) is 5.52 Å². The lowest BCUT2D eigenvalue weighted by Gasteiger charge is -2.22. The molecular weight excluding hydrogens is 246 g/mol. The number of carbonyl (C=O) groups is 1. The molecule has 0 amide bonds. The van der Waals surface area contributed by atoms with Gasteiger partial charge in [-0.1, -0.05) is 33.8 Å². The van der Waals surface area contributed by atoms with E-state index in [1.165, 1.54) is 0 Å². The van der Waals surface area contributed by atoms with Gasteiger partial charge < -0.3 is 0 Å². The SMILES string of the molecule is CC(CC(=O)c1ccc2ncccc2c1)CC(C)(C)C. The Morgan fingerprint density at radius 3 is 2.70 bits per heavy atom. The molecule has 2 aromatic rings. The van der Waals surface area contributed by atoms with Crippen molar-refractivity contribution in [1.29, 1.82) is 0 Å². The molecule has 0 saturated carbocycles. The molecule has 0 spiro atoms. The summed E-state index contributed by atoms with van der Waals surface area (Å²) < 4.78 is 0. The van der Waals surface area contributed by atoms with Crippen LogP contribution in [0.3, 0.4) is 0 Å². The minimum absolute atomic E-state index is 0.229. The van der Waals surface area contributed by atoms with E-state index in [2.05, 4.69) is 32.7 Å². The highest BCUT2D eigenvalue weighted by Crippen LogP contribution is 2.27. The number of benzene rings is 1. The van der Waals surface area contributed by atoms with Gasteiger partial charge in [0, 0.05) is 23.6 Å². The van der Waals surface area contributed by atoms with Crippen molar-refractivity contribution < 1.29 is 4.79 Å². The number of hydrogen-bond donors (Lipinski definition) is 0. The Hall–Kier alpha value is -1.70. The van der Waals surface area contributed by atoms with Crippen molar-refractivity contribution in [1.82, 2.24) is 4.98 Å². The molecule has 0 fully saturated rings. The highest BCUT2D eigenvalue weighted by atomic mass is 16.1. The van der Waals surface area contributed by atoms with E-state index in [9.17, 15) is 4.79 Å². The molecule has 2 nitrogen and oxygen atoms in total. The molecule has 0 aliphatic heterocycles. The van der Waals surface area contributed by atoms with Gasteiger partial charge in [-0.25, -0.2) is 0 Å². The monoisotopic (exact) mass is 269 g/mol. The minimum Gasteiger partial charge on any atom is -0.294 e. The second-order valence-electron chi connectivity index (χ2n) is 6.91. The van der Waals surface area contributed by atoms with Crippen molar-refractivity contribution in [3.63, 3.8) is 0 Å². The standard InChI is InChI=1S/C18H23NO/c1-13(12-18(2,3)4)10-17(20)15-7-8-16-14(11-15)6-5-9-19-16/h5-9,11,13H,10,12H2,1-4H3. The molecule has 1 heterocycles. The lowest BCUT2D eigenvalue weighted by atomic mass is 9.83. The maximum Gasteiger partial charge on any atom is 0.163 e. The average Bonchev–Trinajstić information content (AvgIpc) is 2.35. The average molecular weight is 269 g/mol. The van der Waals surface area contributed by atoms with Crippen LogP contribution in [-0.4, -0.2) is 10.8 Å². The Kier molecular flexibility index (Phi) is 4.22. The first kappa shape index (κ1) is 14.7. The normalized spacial score (nSPS) is 13.4. The lowest BCUT2D eigenvalue weighted by Crippen LogP contribution is -2.14. The van der Waals surface area contributed by atoms with Crippen LogP contribution < -0.4 is 0 Å². The van der Waals surface area contributed by atoms with Crippen molar-refractivity contribution in [3.8, 4) is 0 Å². The van der Waals surface area contributed by atoms with Crippen LogP contribution in [0.2, 0.25) is 0 Å². The third-order valence-corrected chi connectivity index (χ3v) is 3.42. The molecule has 1 atom stereocenters. The first-order chi connectivity index (χ1) is 9.35. The summed E-state index contributed by atoms with van der Waals surface area (Å²) in [5.41, 5.74) is 2.01. The maximum atomic E-state index is 12.4. The number of ketones is 1. The fraction of sp³-hybridized carbons (Fsp3) is 0.444. The third-order valence-electron chi connectivity index (χ3n) is 3.42. The number of nitrogens with zero attached hydrogens (tertiary/aromatic N) is 1. The largest absolute Gasteiger partial charge is 0.294 e. The van der Waals surface area contributed by atoms with Crippen LogP contribution >= 0.6 is 0 Å². The highest BCUT2D eigenvalue weighted by Gasteiger charge is 2.18. The topological polar surface area (TPSA) is 30.0 Å². The zero-order chi connectivity index (χ0) is 14.8. The van der Waals surface area contributed by atoms with Crippen LogP contribution in [0.25, 0.3) is 10.9 Å². The number of Topliss-reactive ketones (excluding diaryl/α,β-unsaturated/α-hetero) is 1. The Labute approximate surface area is 121 Å². The van der Waals surface area contributed by atoms with Gasteiger partial charge >= 0.3 is 0 Å². The summed E-state index contributed by atoms with van der Waals surface area (Å²) in [5, 5.41) is 1.03. The van der Waals surface area contributed by atoms with Crippen LogP contribution in [0.15, 0.2) is 36.5 Å². The predicted octanol–water partition coefficient (Wildman–Crippen LogP) is 4.88. The number of carbonyl (C=O) groups excluding carboxylic acids is 1. The van der Waals surface area contributed by atoms with Crippen molar-refractivity contribution in [2.45, 2.75) is 40.5 Å². The maximum absolute atomic E-state index is 12.4. The zero-order valence-electron chi connectivity index (χ0n) is 12.8. The molecule has 0 aliphatic rings. The fourth-order valence-electron chi connectivity index (χ4n) is 2.80. The Morgan fingerprint density at radius 2 is 2.00 bits per heavy atom. The van der Waals surface area contributed by atoms with E-state index < -0.39 is 0 Å². The number of fused-ring (bicyclic) bond motifs is 1. The summed E-state index contributed by atoms with van der Waals surface area (Å²) in [7, 11) is 0. The second-order valence-corrected chi connectivity index (χ2v) is 6.91. The highest BCUT2D eigenvalue weighted by molar-refractivity contribution is 5.99. The fourth-order valence-corrected chi connectivity index (χ4v) is 2.80. The molecule has 0 N–H and O–H groups in total. The molecule has 1 aromatic heterocycles. The van der Waals surface area contributed by atoms with Crippen LogP contribution in [0.5, 0.6) is 0 Å². The number of hydrogen-bond acceptors (Lipinski definition) is 2. The molecule has 106 valence electrons. The minimum atomic E-state index is 0.229. The number of aromatic nitrogens is 1. The van der Waals surface area contributed by atoms with Crippen molar-refractivity contribution in [3.05, 3.63) is 42.1 Å². The van der Waals surface area contributed by atoms with Crippen molar-refractivity contribution in [2.24, 2.45) is 11.3 Å². The molecule has 0 aliphatic carbocycles. The van der Waals surface area contributed by atoms with Gasteiger partial charge in [-0.2, -0.15) is 0 Å². The van der Waals surface area contributed by atoms with Gasteiger partial charge in [-0.15, -0.1) is 0 Å². The van der Waals surface area contributed by atoms with Gasteiger partial charge in [0.1, 0.15) is 0 Å². The second kappa shape index (κ2) is 5.74. The number of rotatable bonds is 4. The quantitative estimate of drug-likeness (QED) is 0.740. The van der Waals surface area contributed by atoms with Gasteiger partial charge in [-0.05, 0) is 42.0 Å². The molecule has 20 heavy (non-hydrogen) atoms. The first-order valence-electron chi connectivity index (χ1n) is 7.23. The Morgan fingerprint density at radius 1 is 1.25 bits per heavy atom. The molecule has 2 heteroatoms. The molecule has 0 bridgehead atoms. The van der Waals surface area contributed by atoms with E-state index >= 15 is 0 Å². The number of pyridine rings is 1. The van der Waals surface area contributed by atoms with Crippen LogP contribution in [0, 0.1) is 11.3 Å². The molecular formula is C18H23NO. The van der Waals surface area contributed by atoms with Crippen molar-refractivity contribution >= 4 is 16.7 Å². The summed E-state index contributed by atoms with van der Waals surface area (Å²) in [5.74, 6) is 0.639. The van der Waals surface area contributed by atoms with E-state index in [1.807, 2.05) is 30.3 Å². The molecule has 1 unspecified atom stereocenters. The molecule has 2 rings (SSSR count). The Bertz CT molecular complexity index is 610. The molecule has 1 aromatic carbocycles. The van der Waals surface area contributed by atoms with Crippen molar-refractivity contribution in [2.75, 3.05) is 0 Å². The lowest BCUT2D eigenvalue weighted by molar-refractivity contribution is 0.0954. The van der Waals surface area contributed by atoms with E-state index in [0.29, 0.717) is 12.3 Å². The van der Waals surface area contributed by atoms with Crippen LogP contribution in [0.4, 0.5) is 0 Å². The van der Waals surface area contributed by atoms with E-state index in [4.69, 9.17) is 0 Å². The van der Waals surface area contributed by atoms with Crippen LogP contribution in [0.1, 0.15) is 50.9 Å². The third kappa shape index (κ3) is 3.89. The van der Waals surface area contributed by atoms with E-state index in [-0.39, 0.29) is 11.2 Å². The summed E-state index contributed by atoms with van der Waals surface area (Å²) in [6.45, 7) is 8.81. The van der Waals surface area contributed by atoms with Gasteiger partial charge in [-0.3, -0.25) is 9.78 Å². The zero-order valence-corrected chi connectivity index (χ0v) is 12.8. The van der Waals surface area contributed by atoms with Crippen LogP contribution in [-0.2, 0) is 0 Å². The van der Waals surface area contributed by atoms with E-state index in [1.54, 1.807) is 6.20 Å². The van der Waals surface area contributed by atoms with Gasteiger partial charge in [0.2, 0.25) is 0 Å². The van der Waals surface area contributed by atoms with Gasteiger partial charge in [0.15, 0.2) is 5.78 Å². The molecule has 0 radical (unpaired) electrons. The van der Waals surface area contributed by atoms with Gasteiger partial charge in [0.25, 0.3) is 0 Å². The van der Waals surface area contributed by atoms with E-state index in [0.717, 1.165) is 22.9 Å². The summed E-state index contributed by atoms with van der Waals surface area (Å²) in [6, 6.07) is 9.67. The summed E-state index contributed by atoms with van der Waals surface area (Å²) in [6.07, 6.45) is 3.45. The summed E-state index contributed by atoms with van der Waals surface area (Å²) in [4.78, 5) is 16.6. The Balaban J connectivity index is 2.11. The smallest absolute Gasteiger partial charge is 0.163 e. The first-order valence-corrected chi connectivity index (χ1v) is 7.23. The predicted molar refractivity (Wildman–Crippen MR) is 83.9 cm³/mol. The molecule has 0 saturated heterocycles. The summed E-state index contributed by atoms with van der Waals surface area (Å²) >= 11 is 0.